The summed E-state index contributed by atoms with van der Waals surface area (Å²) >= 11 is 0. The third kappa shape index (κ3) is 9.10. The molecule has 3 aromatic rings. The smallest absolute Gasteiger partial charge is 1.00 e. The molecule has 0 aliphatic rings. The Morgan fingerprint density at radius 2 is 0.560 bits per heavy atom. The van der Waals surface area contributed by atoms with E-state index in [1.165, 1.54) is 15.9 Å². The van der Waals surface area contributed by atoms with E-state index in [-0.39, 0.29) is 82.5 Å². The van der Waals surface area contributed by atoms with Crippen LogP contribution in [0.2, 0.25) is 0 Å². The van der Waals surface area contributed by atoms with Gasteiger partial charge in [-0.3, -0.25) is 0 Å². The van der Waals surface area contributed by atoms with Gasteiger partial charge in [0.05, 0.1) is 0 Å². The molecule has 0 aromatic heterocycles. The number of hydrogen-bond acceptors (Lipinski definition) is 0. The van der Waals surface area contributed by atoms with Crippen LogP contribution in [-0.2, 0) is 20.4 Å². The zero-order chi connectivity index (χ0) is 12.9. The zero-order valence-electron chi connectivity index (χ0n) is 12.8. The fourth-order valence-corrected chi connectivity index (χ4v) is 4.48. The van der Waals surface area contributed by atoms with Crippen molar-refractivity contribution >= 4 is 23.8 Å². The monoisotopic (exact) mass is 543 g/mol. The number of hydrogen-bond donors (Lipinski definition) is 0. The summed E-state index contributed by atoms with van der Waals surface area (Å²) in [6.07, 6.45) is 0. The van der Waals surface area contributed by atoms with Crippen molar-refractivity contribution < 1.29 is 82.5 Å². The first-order valence-electron chi connectivity index (χ1n) is 6.40. The molecule has 0 unspecified atom stereocenters. The summed E-state index contributed by atoms with van der Waals surface area (Å²) in [6.45, 7) is 0. The Morgan fingerprint density at radius 3 is 0.760 bits per heavy atom. The van der Waals surface area contributed by atoms with Gasteiger partial charge in [-0.2, -0.15) is 0 Å². The third-order valence-corrected chi connectivity index (χ3v) is 5.49. The second-order valence-electron chi connectivity index (χ2n) is 4.34. The molecule has 137 valence electrons. The summed E-state index contributed by atoms with van der Waals surface area (Å²) in [5, 5.41) is 4.19. The summed E-state index contributed by atoms with van der Waals surface area (Å²) in [4.78, 5) is 0. The van der Waals surface area contributed by atoms with Gasteiger partial charge in [-0.1, -0.05) is 91.0 Å². The minimum Gasteiger partial charge on any atom is -1.00 e. The van der Waals surface area contributed by atoms with Crippen LogP contribution in [0.1, 0.15) is 0 Å². The van der Waals surface area contributed by atoms with E-state index in [4.69, 9.17) is 0 Å². The van der Waals surface area contributed by atoms with Crippen molar-refractivity contribution in [3.63, 3.8) is 0 Å². The maximum atomic E-state index is 2.23. The normalized spacial score (nSPS) is 8.04. The van der Waals surface area contributed by atoms with Crippen LogP contribution in [0.15, 0.2) is 91.0 Å². The summed E-state index contributed by atoms with van der Waals surface area (Å²) in [5.41, 5.74) is 0. The molecule has 0 nitrogen and oxygen atoms in total. The van der Waals surface area contributed by atoms with E-state index >= 15 is 0 Å². The average Bonchev–Trinajstić information content (AvgIpc) is 2.51. The molecule has 0 heterocycles. The van der Waals surface area contributed by atoms with Crippen LogP contribution in [0.5, 0.6) is 0 Å². The minimum atomic E-state index is -0.446. The van der Waals surface area contributed by atoms with Gasteiger partial charge in [0.2, 0.25) is 0 Å². The molecular formula is C18H15Cl5PPd. The molecule has 0 saturated carbocycles. The van der Waals surface area contributed by atoms with Gasteiger partial charge in [0.25, 0.3) is 0 Å². The van der Waals surface area contributed by atoms with Gasteiger partial charge in [0.15, 0.2) is 0 Å². The first kappa shape index (κ1) is 32.8. The summed E-state index contributed by atoms with van der Waals surface area (Å²) in [7, 11) is -0.446. The van der Waals surface area contributed by atoms with Crippen molar-refractivity contribution in [1.82, 2.24) is 0 Å². The summed E-state index contributed by atoms with van der Waals surface area (Å²) in [5.74, 6) is 0. The van der Waals surface area contributed by atoms with Gasteiger partial charge >= 0.3 is 20.4 Å². The molecule has 0 N–H and O–H groups in total. The average molecular weight is 546 g/mol. The van der Waals surface area contributed by atoms with E-state index in [0.717, 1.165) is 0 Å². The molecule has 0 atom stereocenters. The van der Waals surface area contributed by atoms with E-state index in [2.05, 4.69) is 91.0 Å². The first-order valence-corrected chi connectivity index (χ1v) is 7.74. The van der Waals surface area contributed by atoms with E-state index < -0.39 is 7.92 Å². The quantitative estimate of drug-likeness (QED) is 0.227. The Morgan fingerprint density at radius 1 is 0.360 bits per heavy atom. The number of halogens is 5. The summed E-state index contributed by atoms with van der Waals surface area (Å²) < 4.78 is 0. The maximum Gasteiger partial charge on any atom is 5.00 e. The molecule has 0 bridgehead atoms. The Kier molecular flexibility index (Phi) is 23.1. The number of rotatable bonds is 3. The molecule has 0 saturated heterocycles. The van der Waals surface area contributed by atoms with Crippen molar-refractivity contribution in [2.75, 3.05) is 0 Å². The van der Waals surface area contributed by atoms with Crippen molar-refractivity contribution in [3.8, 4) is 0 Å². The Labute approximate surface area is 196 Å². The minimum absolute atomic E-state index is 0. The van der Waals surface area contributed by atoms with E-state index in [9.17, 15) is 0 Å². The SMILES string of the molecule is [Cl-].[Cl-].[Cl-].[Cl-].[Cl-].[Pd+5].c1ccc(P(c2ccccc2)c2ccccc2)cc1. The van der Waals surface area contributed by atoms with Crippen molar-refractivity contribution in [1.29, 1.82) is 0 Å². The molecule has 3 aromatic carbocycles. The van der Waals surface area contributed by atoms with Crippen molar-refractivity contribution in [2.45, 2.75) is 0 Å². The molecule has 25 heavy (non-hydrogen) atoms. The molecule has 0 spiro atoms. The Bertz CT molecular complexity index is 547. The fourth-order valence-electron chi connectivity index (χ4n) is 2.18. The molecule has 0 aliphatic carbocycles. The second-order valence-corrected chi connectivity index (χ2v) is 6.56. The van der Waals surface area contributed by atoms with Crippen LogP contribution in [0.25, 0.3) is 0 Å². The first-order chi connectivity index (χ1) is 9.45. The van der Waals surface area contributed by atoms with Crippen molar-refractivity contribution in [3.05, 3.63) is 91.0 Å². The molecular weight excluding hydrogens is 531 g/mol. The number of benzene rings is 3. The van der Waals surface area contributed by atoms with Gasteiger partial charge in [0, 0.05) is 0 Å². The van der Waals surface area contributed by atoms with Crippen LogP contribution in [-0.4, -0.2) is 0 Å². The summed E-state index contributed by atoms with van der Waals surface area (Å²) in [6, 6.07) is 32.3. The van der Waals surface area contributed by atoms with E-state index in [0.29, 0.717) is 0 Å². The van der Waals surface area contributed by atoms with Crippen LogP contribution < -0.4 is 77.9 Å². The van der Waals surface area contributed by atoms with Gasteiger partial charge in [0.1, 0.15) is 0 Å². The Balaban J connectivity index is -0.000000367. The van der Waals surface area contributed by atoms with Crippen LogP contribution in [0, 0.1) is 0 Å². The van der Waals surface area contributed by atoms with Gasteiger partial charge in [-0.05, 0) is 23.8 Å². The van der Waals surface area contributed by atoms with Crippen LogP contribution in [0.3, 0.4) is 0 Å². The standard InChI is InChI=1S/C18H15P.5ClH.Pd/c1-4-10-16(11-5-1)19(17-12-6-2-7-13-17)18-14-8-3-9-15-18;;;;;;/h1-15H;5*1H;/q;;;;;;+5/p-5. The molecule has 1 radical (unpaired) electrons. The predicted molar refractivity (Wildman–Crippen MR) is 85.1 cm³/mol. The van der Waals surface area contributed by atoms with Crippen LogP contribution in [0.4, 0.5) is 0 Å². The van der Waals surface area contributed by atoms with Crippen molar-refractivity contribution in [2.24, 2.45) is 0 Å². The second kappa shape index (κ2) is 17.6. The largest absolute Gasteiger partial charge is 5.00 e. The fraction of sp³-hybridized carbons (Fsp3) is 0. The van der Waals surface area contributed by atoms with Gasteiger partial charge in [-0.15, -0.1) is 0 Å². The molecule has 0 amide bonds. The topological polar surface area (TPSA) is 0 Å². The van der Waals surface area contributed by atoms with E-state index in [1.807, 2.05) is 0 Å². The van der Waals surface area contributed by atoms with Crippen LogP contribution >= 0.6 is 7.92 Å². The third-order valence-electron chi connectivity index (χ3n) is 3.04. The zero-order valence-corrected chi connectivity index (χ0v) is 19.0. The molecule has 7 heteroatoms. The maximum absolute atomic E-state index is 2.23. The van der Waals surface area contributed by atoms with Gasteiger partial charge < -0.3 is 62.0 Å². The molecule has 0 fully saturated rings. The van der Waals surface area contributed by atoms with Gasteiger partial charge in [-0.25, -0.2) is 0 Å². The van der Waals surface area contributed by atoms with E-state index in [1.54, 1.807) is 0 Å². The molecule has 0 aliphatic heterocycles. The predicted octanol–water partition coefficient (Wildman–Crippen LogP) is -11.5. The molecule has 3 rings (SSSR count). The Hall–Kier alpha value is 0.202.